The van der Waals surface area contributed by atoms with Crippen molar-refractivity contribution in [2.24, 2.45) is 0 Å². The van der Waals surface area contributed by atoms with Crippen molar-refractivity contribution in [1.29, 1.82) is 0 Å². The highest BCUT2D eigenvalue weighted by atomic mass is 16.4. The molecule has 88 valence electrons. The van der Waals surface area contributed by atoms with Crippen molar-refractivity contribution in [3.63, 3.8) is 0 Å². The van der Waals surface area contributed by atoms with Gasteiger partial charge in [-0.3, -0.25) is 4.79 Å². The van der Waals surface area contributed by atoms with Gasteiger partial charge in [0.15, 0.2) is 0 Å². The monoisotopic (exact) mass is 224 g/mol. The van der Waals surface area contributed by atoms with Gasteiger partial charge in [-0.2, -0.15) is 0 Å². The lowest BCUT2D eigenvalue weighted by Gasteiger charge is -2.15. The van der Waals surface area contributed by atoms with Gasteiger partial charge in [0, 0.05) is 25.3 Å². The summed E-state index contributed by atoms with van der Waals surface area (Å²) in [5.41, 5.74) is 0.644. The first-order chi connectivity index (χ1) is 7.77. The van der Waals surface area contributed by atoms with E-state index in [0.29, 0.717) is 18.3 Å². The molecule has 0 saturated carbocycles. The molecular formula is C10H16N4O2. The molecular weight excluding hydrogens is 208 g/mol. The fourth-order valence-electron chi connectivity index (χ4n) is 1.90. The fourth-order valence-corrected chi connectivity index (χ4v) is 1.90. The molecule has 0 bridgehead atoms. The van der Waals surface area contributed by atoms with Crippen LogP contribution in [-0.2, 0) is 4.79 Å². The van der Waals surface area contributed by atoms with Crippen LogP contribution in [0.4, 0.5) is 0 Å². The van der Waals surface area contributed by atoms with Gasteiger partial charge in [0.1, 0.15) is 5.92 Å². The van der Waals surface area contributed by atoms with Crippen LogP contribution in [0.25, 0.3) is 0 Å². The smallest absolute Gasteiger partial charge is 0.313 e. The van der Waals surface area contributed by atoms with Crippen molar-refractivity contribution >= 4 is 5.97 Å². The maximum absolute atomic E-state index is 11.1. The largest absolute Gasteiger partial charge is 0.481 e. The number of H-pyrrole nitrogens is 1. The number of aromatic amines is 1. The standard InChI is InChI=1S/C10H16N4O2/c15-10(16)8(9-5-12-6-14-9)4-13-7-1-2-11-3-7/h5-8,11,13H,1-4H2,(H,12,14)(H,15,16). The van der Waals surface area contributed by atoms with Crippen molar-refractivity contribution < 1.29 is 9.90 Å². The van der Waals surface area contributed by atoms with E-state index in [1.54, 1.807) is 6.20 Å². The summed E-state index contributed by atoms with van der Waals surface area (Å²) in [7, 11) is 0. The van der Waals surface area contributed by atoms with Gasteiger partial charge in [0.25, 0.3) is 0 Å². The molecule has 1 aliphatic rings. The topological polar surface area (TPSA) is 90.0 Å². The van der Waals surface area contributed by atoms with Crippen LogP contribution in [0.2, 0.25) is 0 Å². The molecule has 6 heteroatoms. The molecule has 0 amide bonds. The molecule has 2 heterocycles. The number of carboxylic acid groups (broad SMARTS) is 1. The second-order valence-corrected chi connectivity index (χ2v) is 4.00. The van der Waals surface area contributed by atoms with Gasteiger partial charge in [0.05, 0.1) is 12.0 Å². The van der Waals surface area contributed by atoms with Crippen LogP contribution >= 0.6 is 0 Å². The third-order valence-electron chi connectivity index (χ3n) is 2.86. The summed E-state index contributed by atoms with van der Waals surface area (Å²) in [5.74, 6) is -1.38. The van der Waals surface area contributed by atoms with Crippen LogP contribution < -0.4 is 10.6 Å². The minimum Gasteiger partial charge on any atom is -0.481 e. The van der Waals surface area contributed by atoms with Crippen molar-refractivity contribution in [3.8, 4) is 0 Å². The van der Waals surface area contributed by atoms with Gasteiger partial charge in [-0.1, -0.05) is 0 Å². The van der Waals surface area contributed by atoms with Crippen LogP contribution in [0.3, 0.4) is 0 Å². The summed E-state index contributed by atoms with van der Waals surface area (Å²) < 4.78 is 0. The summed E-state index contributed by atoms with van der Waals surface area (Å²) >= 11 is 0. The number of rotatable bonds is 5. The number of aromatic nitrogens is 2. The van der Waals surface area contributed by atoms with Gasteiger partial charge in [0.2, 0.25) is 0 Å². The molecule has 2 unspecified atom stereocenters. The number of nitrogens with one attached hydrogen (secondary N) is 3. The fraction of sp³-hybridized carbons (Fsp3) is 0.600. The number of aliphatic carboxylic acids is 1. The lowest BCUT2D eigenvalue weighted by Crippen LogP contribution is -2.36. The molecule has 4 N–H and O–H groups in total. The van der Waals surface area contributed by atoms with Crippen molar-refractivity contribution in [1.82, 2.24) is 20.6 Å². The Labute approximate surface area is 93.5 Å². The Morgan fingerprint density at radius 3 is 3.19 bits per heavy atom. The Bertz CT molecular complexity index is 333. The number of hydrogen-bond donors (Lipinski definition) is 4. The zero-order chi connectivity index (χ0) is 11.4. The van der Waals surface area contributed by atoms with Crippen LogP contribution in [-0.4, -0.2) is 46.7 Å². The third-order valence-corrected chi connectivity index (χ3v) is 2.86. The van der Waals surface area contributed by atoms with E-state index in [1.165, 1.54) is 6.33 Å². The Morgan fingerprint density at radius 1 is 1.75 bits per heavy atom. The molecule has 6 nitrogen and oxygen atoms in total. The van der Waals surface area contributed by atoms with E-state index in [2.05, 4.69) is 20.6 Å². The number of imidazole rings is 1. The molecule has 1 aromatic heterocycles. The predicted molar refractivity (Wildman–Crippen MR) is 58.2 cm³/mol. The average Bonchev–Trinajstić information content (AvgIpc) is 2.88. The van der Waals surface area contributed by atoms with Crippen LogP contribution in [0.5, 0.6) is 0 Å². The van der Waals surface area contributed by atoms with E-state index in [0.717, 1.165) is 19.5 Å². The Kier molecular flexibility index (Phi) is 3.53. The molecule has 0 spiro atoms. The summed E-state index contributed by atoms with van der Waals surface area (Å²) in [5, 5.41) is 15.6. The first-order valence-electron chi connectivity index (χ1n) is 5.42. The minimum atomic E-state index is -0.831. The third kappa shape index (κ3) is 2.59. The number of carboxylic acids is 1. The highest BCUT2D eigenvalue weighted by Crippen LogP contribution is 2.12. The molecule has 16 heavy (non-hydrogen) atoms. The first-order valence-corrected chi connectivity index (χ1v) is 5.42. The number of carbonyl (C=O) groups is 1. The normalized spacial score (nSPS) is 22.1. The van der Waals surface area contributed by atoms with Gasteiger partial charge >= 0.3 is 5.97 Å². The van der Waals surface area contributed by atoms with Gasteiger partial charge in [-0.15, -0.1) is 0 Å². The lowest BCUT2D eigenvalue weighted by atomic mass is 10.1. The molecule has 1 fully saturated rings. The van der Waals surface area contributed by atoms with Crippen molar-refractivity contribution in [2.45, 2.75) is 18.4 Å². The lowest BCUT2D eigenvalue weighted by molar-refractivity contribution is -0.138. The summed E-state index contributed by atoms with van der Waals surface area (Å²) in [6.45, 7) is 2.35. The number of nitrogens with zero attached hydrogens (tertiary/aromatic N) is 1. The highest BCUT2D eigenvalue weighted by Gasteiger charge is 2.23. The van der Waals surface area contributed by atoms with E-state index in [-0.39, 0.29) is 0 Å². The maximum Gasteiger partial charge on any atom is 0.313 e. The predicted octanol–water partition coefficient (Wildman–Crippen LogP) is -0.471. The van der Waals surface area contributed by atoms with Gasteiger partial charge < -0.3 is 20.7 Å². The minimum absolute atomic E-state index is 0.379. The van der Waals surface area contributed by atoms with E-state index >= 15 is 0 Å². The zero-order valence-corrected chi connectivity index (χ0v) is 8.94. The molecule has 1 aliphatic heterocycles. The molecule has 0 aromatic carbocycles. The van der Waals surface area contributed by atoms with E-state index in [9.17, 15) is 4.79 Å². The van der Waals surface area contributed by atoms with E-state index in [1.807, 2.05) is 0 Å². The van der Waals surface area contributed by atoms with Gasteiger partial charge in [-0.05, 0) is 13.0 Å². The summed E-state index contributed by atoms with van der Waals surface area (Å²) in [6, 6.07) is 0.379. The Morgan fingerprint density at radius 2 is 2.62 bits per heavy atom. The van der Waals surface area contributed by atoms with Gasteiger partial charge in [-0.25, -0.2) is 4.98 Å². The SMILES string of the molecule is O=C(O)C(CNC1CCNC1)c1cnc[nH]1. The Balaban J connectivity index is 1.90. The first kappa shape index (κ1) is 11.1. The second-order valence-electron chi connectivity index (χ2n) is 4.00. The van der Waals surface area contributed by atoms with Crippen molar-refractivity contribution in [3.05, 3.63) is 18.2 Å². The quantitative estimate of drug-likeness (QED) is 0.543. The number of hydrogen-bond acceptors (Lipinski definition) is 4. The maximum atomic E-state index is 11.1. The Hall–Kier alpha value is -1.40. The zero-order valence-electron chi connectivity index (χ0n) is 8.94. The molecule has 1 saturated heterocycles. The summed E-state index contributed by atoms with van der Waals surface area (Å²) in [6.07, 6.45) is 4.12. The molecule has 0 aliphatic carbocycles. The highest BCUT2D eigenvalue weighted by molar-refractivity contribution is 5.75. The van der Waals surface area contributed by atoms with E-state index in [4.69, 9.17) is 5.11 Å². The van der Waals surface area contributed by atoms with E-state index < -0.39 is 11.9 Å². The van der Waals surface area contributed by atoms with Crippen LogP contribution in [0.15, 0.2) is 12.5 Å². The summed E-state index contributed by atoms with van der Waals surface area (Å²) in [4.78, 5) is 17.8. The molecule has 2 rings (SSSR count). The molecule has 1 aromatic rings. The second kappa shape index (κ2) is 5.09. The van der Waals surface area contributed by atoms with Crippen LogP contribution in [0, 0.1) is 0 Å². The molecule has 2 atom stereocenters. The molecule has 0 radical (unpaired) electrons. The van der Waals surface area contributed by atoms with Crippen LogP contribution in [0.1, 0.15) is 18.0 Å². The van der Waals surface area contributed by atoms with Crippen molar-refractivity contribution in [2.75, 3.05) is 19.6 Å². The average molecular weight is 224 g/mol.